The first-order valence-corrected chi connectivity index (χ1v) is 15.8. The average molecular weight is 702 g/mol. The van der Waals surface area contributed by atoms with Crippen molar-refractivity contribution in [1.29, 1.82) is 0 Å². The molecule has 3 atom stereocenters. The molecule has 1 saturated heterocycles. The second kappa shape index (κ2) is 18.4. The number of carbonyl (C=O) groups is 2. The summed E-state index contributed by atoms with van der Waals surface area (Å²) in [5.74, 6) is 2.05. The van der Waals surface area contributed by atoms with Crippen LogP contribution in [0, 0.1) is 18.8 Å². The van der Waals surface area contributed by atoms with Gasteiger partial charge in [0.15, 0.2) is 0 Å². The third-order valence-electron chi connectivity index (χ3n) is 8.45. The van der Waals surface area contributed by atoms with Gasteiger partial charge in [0.2, 0.25) is 0 Å². The Morgan fingerprint density at radius 2 is 1.35 bits per heavy atom. The summed E-state index contributed by atoms with van der Waals surface area (Å²) in [6, 6.07) is 2.70. The van der Waals surface area contributed by atoms with Gasteiger partial charge in [-0.2, -0.15) is 39.5 Å². The van der Waals surface area contributed by atoms with Crippen molar-refractivity contribution in [1.82, 2.24) is 4.90 Å². The second-order valence-electron chi connectivity index (χ2n) is 11.5. The molecule has 1 aliphatic heterocycles. The van der Waals surface area contributed by atoms with E-state index in [1.165, 1.54) is 58.4 Å². The topological polar surface area (TPSA) is 66.8 Å². The predicted molar refractivity (Wildman–Crippen MR) is 163 cm³/mol. The molecule has 1 heterocycles. The lowest BCUT2D eigenvalue weighted by atomic mass is 9.80. The van der Waals surface area contributed by atoms with Crippen LogP contribution in [0.3, 0.4) is 0 Å². The van der Waals surface area contributed by atoms with Crippen molar-refractivity contribution >= 4 is 12.6 Å². The summed E-state index contributed by atoms with van der Waals surface area (Å²) in [5.41, 5.74) is -4.11. The molecular weight excluding hydrogens is 657 g/mol. The molecule has 2 aliphatic rings. The molecule has 1 saturated carbocycles. The van der Waals surface area contributed by atoms with Gasteiger partial charge in [-0.05, 0) is 72.7 Å². The summed E-state index contributed by atoms with van der Waals surface area (Å²) < 4.78 is 123. The van der Waals surface area contributed by atoms with E-state index in [1.807, 2.05) is 13.8 Å². The van der Waals surface area contributed by atoms with Gasteiger partial charge in [0.25, 0.3) is 6.47 Å². The maximum Gasteiger partial charge on any atom is 0.416 e. The van der Waals surface area contributed by atoms with Crippen LogP contribution in [0.1, 0.15) is 113 Å². The molecule has 0 bridgehead atoms. The van der Waals surface area contributed by atoms with Gasteiger partial charge in [-0.25, -0.2) is 4.79 Å². The standard InChI is InChI=1S/C21H16F9NO2.C10H20.C2H6.CH2O2/c1-10-3-4-14(19(22,23)24)7-13(10)9-31-11(2)17(33-18(31)32)12-5-15(20(25,26)27)8-16(6-12)21(28,29)30;1-3-9(2)10-7-5-4-6-8-10;1-2;2-1-3/h3-8,11,17H,9H2,1-2H3;9-10H,3-8H2,1-2H3;1-2H3;1H,(H,2,3). The zero-order chi connectivity index (χ0) is 37.0. The van der Waals surface area contributed by atoms with Crippen molar-refractivity contribution in [3.63, 3.8) is 0 Å². The summed E-state index contributed by atoms with van der Waals surface area (Å²) in [6.07, 6.45) is -8.50. The van der Waals surface area contributed by atoms with Gasteiger partial charge >= 0.3 is 24.6 Å². The zero-order valence-corrected chi connectivity index (χ0v) is 27.8. The van der Waals surface area contributed by atoms with E-state index in [2.05, 4.69) is 13.8 Å². The number of amides is 1. The first kappa shape index (κ1) is 42.6. The Hall–Kier alpha value is -3.45. The summed E-state index contributed by atoms with van der Waals surface area (Å²) in [7, 11) is 0. The van der Waals surface area contributed by atoms with Crippen LogP contribution in [0.15, 0.2) is 36.4 Å². The van der Waals surface area contributed by atoms with E-state index in [-0.39, 0.29) is 24.6 Å². The lowest BCUT2D eigenvalue weighted by molar-refractivity contribution is -0.143. The van der Waals surface area contributed by atoms with Crippen molar-refractivity contribution in [2.24, 2.45) is 11.8 Å². The van der Waals surface area contributed by atoms with Crippen LogP contribution in [0.5, 0.6) is 0 Å². The number of cyclic esters (lactones) is 1. The van der Waals surface area contributed by atoms with E-state index < -0.39 is 59.0 Å². The van der Waals surface area contributed by atoms with Crippen LogP contribution < -0.4 is 0 Å². The highest BCUT2D eigenvalue weighted by molar-refractivity contribution is 5.71. The Morgan fingerprint density at radius 1 is 0.875 bits per heavy atom. The van der Waals surface area contributed by atoms with Crippen LogP contribution in [-0.4, -0.2) is 28.6 Å². The van der Waals surface area contributed by atoms with E-state index in [9.17, 15) is 44.3 Å². The quantitative estimate of drug-likeness (QED) is 0.249. The molecule has 14 heteroatoms. The number of halogens is 9. The largest absolute Gasteiger partial charge is 0.483 e. The number of aryl methyl sites for hydroxylation is 1. The summed E-state index contributed by atoms with van der Waals surface area (Å²) in [5, 5.41) is 6.89. The van der Waals surface area contributed by atoms with Crippen LogP contribution in [-0.2, 0) is 34.6 Å². The first-order chi connectivity index (χ1) is 22.2. The maximum atomic E-state index is 13.2. The van der Waals surface area contributed by atoms with E-state index in [1.54, 1.807) is 0 Å². The summed E-state index contributed by atoms with van der Waals surface area (Å²) >= 11 is 0. The normalized spacial score (nSPS) is 19.1. The van der Waals surface area contributed by atoms with Gasteiger partial charge in [0.05, 0.1) is 22.7 Å². The van der Waals surface area contributed by atoms with Crippen molar-refractivity contribution in [2.45, 2.75) is 117 Å². The molecule has 2 fully saturated rings. The zero-order valence-electron chi connectivity index (χ0n) is 27.8. The molecule has 4 rings (SSSR count). The minimum Gasteiger partial charge on any atom is -0.483 e. The number of rotatable bonds is 5. The molecular formula is C34H44F9NO4. The molecule has 272 valence electrons. The lowest BCUT2D eigenvalue weighted by Gasteiger charge is -2.26. The monoisotopic (exact) mass is 701 g/mol. The second-order valence-corrected chi connectivity index (χ2v) is 11.5. The average Bonchev–Trinajstić information content (AvgIpc) is 3.30. The SMILES string of the molecule is CC.CCC(C)C1CCCCC1.Cc1ccc(C(F)(F)F)cc1CN1C(=O)OC(c2cc(C(F)(F)F)cc(C(F)(F)F)c2)C1C.O=CO. The van der Waals surface area contributed by atoms with Gasteiger partial charge in [-0.15, -0.1) is 0 Å². The maximum absolute atomic E-state index is 13.2. The van der Waals surface area contributed by atoms with Crippen molar-refractivity contribution < 1.29 is 58.9 Å². The highest BCUT2D eigenvalue weighted by atomic mass is 19.4. The van der Waals surface area contributed by atoms with E-state index in [0.717, 1.165) is 28.9 Å². The molecule has 0 spiro atoms. The number of nitrogens with zero attached hydrogens (tertiary/aromatic N) is 1. The molecule has 1 N–H and O–H groups in total. The highest BCUT2D eigenvalue weighted by Gasteiger charge is 2.43. The third kappa shape index (κ3) is 12.2. The minimum atomic E-state index is -5.09. The van der Waals surface area contributed by atoms with E-state index >= 15 is 0 Å². The Kier molecular flexibility index (Phi) is 16.3. The predicted octanol–water partition coefficient (Wildman–Crippen LogP) is 11.5. The van der Waals surface area contributed by atoms with Crippen molar-refractivity contribution in [3.05, 3.63) is 69.8 Å². The molecule has 2 aromatic rings. The smallest absolute Gasteiger partial charge is 0.416 e. The van der Waals surface area contributed by atoms with E-state index in [4.69, 9.17) is 14.6 Å². The Balaban J connectivity index is 0.000000639. The molecule has 0 radical (unpaired) electrons. The summed E-state index contributed by atoms with van der Waals surface area (Å²) in [6.45, 7) is 10.9. The van der Waals surface area contributed by atoms with Crippen molar-refractivity contribution in [2.75, 3.05) is 0 Å². The number of ether oxygens (including phenoxy) is 1. The Bertz CT molecular complexity index is 1270. The number of hydrogen-bond acceptors (Lipinski definition) is 3. The first-order valence-electron chi connectivity index (χ1n) is 15.8. The molecule has 1 amide bonds. The minimum absolute atomic E-state index is 0.0469. The van der Waals surface area contributed by atoms with Crippen LogP contribution in [0.4, 0.5) is 44.3 Å². The van der Waals surface area contributed by atoms with Gasteiger partial charge < -0.3 is 9.84 Å². The highest BCUT2D eigenvalue weighted by Crippen LogP contribution is 2.41. The van der Waals surface area contributed by atoms with Gasteiger partial charge in [-0.3, -0.25) is 9.69 Å². The summed E-state index contributed by atoms with van der Waals surface area (Å²) in [4.78, 5) is 21.7. The van der Waals surface area contributed by atoms with Crippen LogP contribution in [0.2, 0.25) is 0 Å². The number of hydrogen-bond donors (Lipinski definition) is 1. The molecule has 2 aromatic carbocycles. The van der Waals surface area contributed by atoms with Gasteiger partial charge in [0.1, 0.15) is 6.10 Å². The number of benzene rings is 2. The van der Waals surface area contributed by atoms with Gasteiger partial charge in [-0.1, -0.05) is 72.3 Å². The fourth-order valence-electron chi connectivity index (χ4n) is 5.54. The number of carboxylic acid groups (broad SMARTS) is 1. The molecule has 0 aromatic heterocycles. The van der Waals surface area contributed by atoms with Crippen LogP contribution in [0.25, 0.3) is 0 Å². The van der Waals surface area contributed by atoms with E-state index in [0.29, 0.717) is 17.7 Å². The number of carbonyl (C=O) groups excluding carboxylic acids is 1. The fourth-order valence-corrected chi connectivity index (χ4v) is 5.54. The Labute approximate surface area is 275 Å². The Morgan fingerprint density at radius 3 is 1.79 bits per heavy atom. The fraction of sp³-hybridized carbons (Fsp3) is 0.588. The molecule has 5 nitrogen and oxygen atoms in total. The molecule has 48 heavy (non-hydrogen) atoms. The molecule has 3 unspecified atom stereocenters. The third-order valence-corrected chi connectivity index (χ3v) is 8.45. The van der Waals surface area contributed by atoms with Crippen LogP contribution >= 0.6 is 0 Å². The van der Waals surface area contributed by atoms with Crippen molar-refractivity contribution in [3.8, 4) is 0 Å². The van der Waals surface area contributed by atoms with Gasteiger partial charge in [0, 0.05) is 6.54 Å². The molecule has 1 aliphatic carbocycles. The lowest BCUT2D eigenvalue weighted by Crippen LogP contribution is -2.32. The number of alkyl halides is 9.